The molecule has 2 aromatic carbocycles. The number of anilines is 1. The third kappa shape index (κ3) is 5.49. The van der Waals surface area contributed by atoms with Crippen LogP contribution in [0.3, 0.4) is 0 Å². The molecule has 122 valence electrons. The van der Waals surface area contributed by atoms with Crippen molar-refractivity contribution < 1.29 is 14.3 Å². The van der Waals surface area contributed by atoms with Gasteiger partial charge in [-0.05, 0) is 37.6 Å². The molecule has 0 spiro atoms. The van der Waals surface area contributed by atoms with Gasteiger partial charge >= 0.3 is 0 Å². The first-order valence-electron chi connectivity index (χ1n) is 7.52. The predicted octanol–water partition coefficient (Wildman–Crippen LogP) is 4.53. The molecular weight excluding hydrogens is 314 g/mol. The third-order valence-electron chi connectivity index (χ3n) is 3.23. The van der Waals surface area contributed by atoms with E-state index in [4.69, 9.17) is 21.1 Å². The summed E-state index contributed by atoms with van der Waals surface area (Å²) in [7, 11) is 0. The molecule has 1 amide bonds. The zero-order valence-corrected chi connectivity index (χ0v) is 14.0. The van der Waals surface area contributed by atoms with Crippen molar-refractivity contribution in [2.45, 2.75) is 26.4 Å². The number of benzene rings is 2. The molecule has 0 radical (unpaired) electrons. The molecule has 0 aliphatic rings. The van der Waals surface area contributed by atoms with Crippen molar-refractivity contribution in [1.29, 1.82) is 0 Å². The Morgan fingerprint density at radius 2 is 2.00 bits per heavy atom. The molecule has 0 aliphatic heterocycles. The number of hydrogen-bond donors (Lipinski definition) is 1. The molecular formula is C18H20ClNO3. The number of amides is 1. The second-order valence-electron chi connectivity index (χ2n) is 5.13. The highest BCUT2D eigenvalue weighted by Gasteiger charge is 2.07. The van der Waals surface area contributed by atoms with Crippen molar-refractivity contribution in [2.24, 2.45) is 0 Å². The van der Waals surface area contributed by atoms with E-state index in [1.54, 1.807) is 36.4 Å². The average Bonchev–Trinajstić information content (AvgIpc) is 2.54. The standard InChI is InChI=1S/C18H20ClNO3/c1-3-13(2)23-15-8-6-7-14(11-15)20-18(21)12-22-17-10-5-4-9-16(17)19/h4-11,13H,3,12H2,1-2H3,(H,20,21). The lowest BCUT2D eigenvalue weighted by Gasteiger charge is -2.14. The molecule has 5 heteroatoms. The minimum Gasteiger partial charge on any atom is -0.491 e. The molecule has 0 bridgehead atoms. The van der Waals surface area contributed by atoms with Crippen molar-refractivity contribution in [1.82, 2.24) is 0 Å². The summed E-state index contributed by atoms with van der Waals surface area (Å²) in [5, 5.41) is 3.25. The number of para-hydroxylation sites is 1. The molecule has 0 heterocycles. The third-order valence-corrected chi connectivity index (χ3v) is 3.54. The molecule has 4 nitrogen and oxygen atoms in total. The van der Waals surface area contributed by atoms with Crippen LogP contribution in [0.25, 0.3) is 0 Å². The molecule has 0 fully saturated rings. The van der Waals surface area contributed by atoms with E-state index in [1.807, 2.05) is 19.1 Å². The molecule has 1 atom stereocenters. The van der Waals surface area contributed by atoms with Crippen LogP contribution in [0.2, 0.25) is 5.02 Å². The summed E-state index contributed by atoms with van der Waals surface area (Å²) in [6.45, 7) is 3.95. The van der Waals surface area contributed by atoms with Crippen molar-refractivity contribution in [3.63, 3.8) is 0 Å². The zero-order chi connectivity index (χ0) is 16.7. The SMILES string of the molecule is CCC(C)Oc1cccc(NC(=O)COc2ccccc2Cl)c1. The van der Waals surface area contributed by atoms with Crippen LogP contribution in [0, 0.1) is 0 Å². The van der Waals surface area contributed by atoms with E-state index in [0.29, 0.717) is 16.5 Å². The summed E-state index contributed by atoms with van der Waals surface area (Å²) in [4.78, 5) is 12.0. The van der Waals surface area contributed by atoms with E-state index in [0.717, 1.165) is 12.2 Å². The maximum Gasteiger partial charge on any atom is 0.262 e. The predicted molar refractivity (Wildman–Crippen MR) is 92.4 cm³/mol. The summed E-state index contributed by atoms with van der Waals surface area (Å²) in [6, 6.07) is 14.3. The molecule has 2 rings (SSSR count). The fourth-order valence-corrected chi connectivity index (χ4v) is 2.06. The fourth-order valence-electron chi connectivity index (χ4n) is 1.86. The summed E-state index contributed by atoms with van der Waals surface area (Å²) >= 11 is 5.98. The van der Waals surface area contributed by atoms with Crippen LogP contribution in [0.1, 0.15) is 20.3 Å². The minimum atomic E-state index is -0.259. The zero-order valence-electron chi connectivity index (χ0n) is 13.2. The molecule has 0 saturated heterocycles. The Hall–Kier alpha value is -2.20. The van der Waals surface area contributed by atoms with Crippen molar-refractivity contribution in [3.8, 4) is 11.5 Å². The van der Waals surface area contributed by atoms with Gasteiger partial charge in [0.15, 0.2) is 6.61 Å². The van der Waals surface area contributed by atoms with Gasteiger partial charge in [-0.15, -0.1) is 0 Å². The maximum atomic E-state index is 12.0. The van der Waals surface area contributed by atoms with Crippen LogP contribution < -0.4 is 14.8 Å². The highest BCUT2D eigenvalue weighted by atomic mass is 35.5. The monoisotopic (exact) mass is 333 g/mol. The van der Waals surface area contributed by atoms with Crippen molar-refractivity contribution >= 4 is 23.2 Å². The molecule has 1 unspecified atom stereocenters. The number of rotatable bonds is 7. The van der Waals surface area contributed by atoms with E-state index in [1.165, 1.54) is 0 Å². The molecule has 2 aromatic rings. The van der Waals surface area contributed by atoms with Crippen LogP contribution in [-0.2, 0) is 4.79 Å². The maximum absolute atomic E-state index is 12.0. The van der Waals surface area contributed by atoms with Gasteiger partial charge in [-0.2, -0.15) is 0 Å². The van der Waals surface area contributed by atoms with Gasteiger partial charge in [0.2, 0.25) is 0 Å². The Labute approximate surface area is 141 Å². The van der Waals surface area contributed by atoms with Crippen LogP contribution in [-0.4, -0.2) is 18.6 Å². The van der Waals surface area contributed by atoms with Gasteiger partial charge in [-0.1, -0.05) is 36.7 Å². The number of carbonyl (C=O) groups is 1. The summed E-state index contributed by atoms with van der Waals surface area (Å²) in [6.07, 6.45) is 1.05. The van der Waals surface area contributed by atoms with Crippen molar-refractivity contribution in [2.75, 3.05) is 11.9 Å². The van der Waals surface area contributed by atoms with E-state index in [-0.39, 0.29) is 18.6 Å². The van der Waals surface area contributed by atoms with Gasteiger partial charge in [0.05, 0.1) is 11.1 Å². The molecule has 0 aromatic heterocycles. The number of hydrogen-bond acceptors (Lipinski definition) is 3. The first-order valence-corrected chi connectivity index (χ1v) is 7.90. The Bertz CT molecular complexity index is 660. The topological polar surface area (TPSA) is 47.6 Å². The molecule has 0 aliphatic carbocycles. The second kappa shape index (κ2) is 8.44. The first-order chi connectivity index (χ1) is 11.1. The Balaban J connectivity index is 1.90. The van der Waals surface area contributed by atoms with Crippen LogP contribution in [0.5, 0.6) is 11.5 Å². The van der Waals surface area contributed by atoms with Gasteiger partial charge < -0.3 is 14.8 Å². The Kier molecular flexibility index (Phi) is 6.29. The fraction of sp³-hybridized carbons (Fsp3) is 0.278. The first kappa shape index (κ1) is 17.2. The lowest BCUT2D eigenvalue weighted by Crippen LogP contribution is -2.20. The smallest absolute Gasteiger partial charge is 0.262 e. The van der Waals surface area contributed by atoms with E-state index in [9.17, 15) is 4.79 Å². The summed E-state index contributed by atoms with van der Waals surface area (Å²) < 4.78 is 11.1. The van der Waals surface area contributed by atoms with Crippen LogP contribution in [0.4, 0.5) is 5.69 Å². The van der Waals surface area contributed by atoms with Crippen LogP contribution in [0.15, 0.2) is 48.5 Å². The van der Waals surface area contributed by atoms with Gasteiger partial charge in [0.1, 0.15) is 11.5 Å². The number of nitrogens with one attached hydrogen (secondary N) is 1. The second-order valence-corrected chi connectivity index (χ2v) is 5.54. The normalized spacial score (nSPS) is 11.6. The highest BCUT2D eigenvalue weighted by molar-refractivity contribution is 6.32. The quantitative estimate of drug-likeness (QED) is 0.809. The van der Waals surface area contributed by atoms with Gasteiger partial charge in [-0.3, -0.25) is 4.79 Å². The molecule has 1 N–H and O–H groups in total. The van der Waals surface area contributed by atoms with E-state index >= 15 is 0 Å². The average molecular weight is 334 g/mol. The Morgan fingerprint density at radius 1 is 1.22 bits per heavy atom. The lowest BCUT2D eigenvalue weighted by molar-refractivity contribution is -0.118. The number of carbonyl (C=O) groups excluding carboxylic acids is 1. The Morgan fingerprint density at radius 3 is 2.74 bits per heavy atom. The highest BCUT2D eigenvalue weighted by Crippen LogP contribution is 2.23. The van der Waals surface area contributed by atoms with E-state index < -0.39 is 0 Å². The minimum absolute atomic E-state index is 0.111. The summed E-state index contributed by atoms with van der Waals surface area (Å²) in [5.74, 6) is 0.952. The molecule has 0 saturated carbocycles. The molecule has 23 heavy (non-hydrogen) atoms. The largest absolute Gasteiger partial charge is 0.491 e. The van der Waals surface area contributed by atoms with Gasteiger partial charge in [0.25, 0.3) is 5.91 Å². The van der Waals surface area contributed by atoms with Crippen molar-refractivity contribution in [3.05, 3.63) is 53.6 Å². The van der Waals surface area contributed by atoms with Crippen LogP contribution >= 0.6 is 11.6 Å². The summed E-state index contributed by atoms with van der Waals surface area (Å²) in [5.41, 5.74) is 0.665. The van der Waals surface area contributed by atoms with Gasteiger partial charge in [-0.25, -0.2) is 0 Å². The number of ether oxygens (including phenoxy) is 2. The lowest BCUT2D eigenvalue weighted by atomic mass is 10.2. The van der Waals surface area contributed by atoms with Gasteiger partial charge in [0, 0.05) is 11.8 Å². The number of halogens is 1. The van der Waals surface area contributed by atoms with E-state index in [2.05, 4.69) is 12.2 Å².